The van der Waals surface area contributed by atoms with Crippen molar-refractivity contribution in [3.05, 3.63) is 70.0 Å². The lowest BCUT2D eigenvalue weighted by molar-refractivity contribution is -0.147. The largest absolute Gasteiger partial charge is 0.454 e. The van der Waals surface area contributed by atoms with Gasteiger partial charge >= 0.3 is 11.7 Å². The number of aromatic nitrogens is 2. The molecule has 0 bridgehead atoms. The van der Waals surface area contributed by atoms with Crippen LogP contribution in [0.1, 0.15) is 5.56 Å². The zero-order chi connectivity index (χ0) is 21.1. The number of para-hydroxylation sites is 2. The number of oxazole rings is 1. The van der Waals surface area contributed by atoms with Gasteiger partial charge in [0.1, 0.15) is 6.54 Å². The fourth-order valence-corrected chi connectivity index (χ4v) is 3.56. The number of carbonyl (C=O) groups excluding carboxylic acids is 2. The van der Waals surface area contributed by atoms with Crippen LogP contribution in [0.4, 0.5) is 5.13 Å². The molecule has 2 aromatic heterocycles. The number of nitrogens with zero attached hydrogens (tertiary/aromatic N) is 2. The summed E-state index contributed by atoms with van der Waals surface area (Å²) in [4.78, 5) is 40.4. The molecule has 0 saturated heterocycles. The lowest BCUT2D eigenvalue weighted by Gasteiger charge is -2.05. The lowest BCUT2D eigenvalue weighted by atomic mass is 10.1. The summed E-state index contributed by atoms with van der Waals surface area (Å²) in [6, 6.07) is 14.6. The number of aryl methyl sites for hydroxylation is 1. The van der Waals surface area contributed by atoms with Crippen molar-refractivity contribution in [3.63, 3.8) is 0 Å². The molecule has 0 radical (unpaired) electrons. The van der Waals surface area contributed by atoms with E-state index >= 15 is 0 Å². The first-order valence-corrected chi connectivity index (χ1v) is 9.94. The molecule has 1 N–H and O–H groups in total. The second kappa shape index (κ2) is 8.34. The van der Waals surface area contributed by atoms with Crippen LogP contribution in [0.2, 0.25) is 0 Å². The molecule has 1 amide bonds. The molecule has 4 aromatic rings. The summed E-state index contributed by atoms with van der Waals surface area (Å²) >= 11 is 1.28. The zero-order valence-corrected chi connectivity index (χ0v) is 16.8. The number of ether oxygens (including phenoxy) is 1. The van der Waals surface area contributed by atoms with E-state index in [0.29, 0.717) is 16.2 Å². The van der Waals surface area contributed by atoms with Crippen LogP contribution in [0.25, 0.3) is 22.4 Å². The van der Waals surface area contributed by atoms with E-state index in [-0.39, 0.29) is 6.54 Å². The number of rotatable bonds is 6. The highest BCUT2D eigenvalue weighted by Gasteiger charge is 2.15. The standard InChI is InChI=1S/C21H17N3O5S/c1-13-6-8-14(9-7-13)15-12-30-20(22-15)23-18(25)11-28-19(26)10-24-16-4-2-3-5-17(16)29-21(24)27/h2-9,12H,10-11H2,1H3,(H,22,23,25). The number of hydrogen-bond donors (Lipinski definition) is 1. The van der Waals surface area contributed by atoms with Crippen molar-refractivity contribution in [3.8, 4) is 11.3 Å². The van der Waals surface area contributed by atoms with Crippen LogP contribution in [0.3, 0.4) is 0 Å². The van der Waals surface area contributed by atoms with Gasteiger partial charge in [0.15, 0.2) is 17.3 Å². The maximum absolute atomic E-state index is 12.1. The normalized spacial score (nSPS) is 10.8. The Bertz CT molecular complexity index is 1270. The molecule has 152 valence electrons. The first-order chi connectivity index (χ1) is 14.5. The quantitative estimate of drug-likeness (QED) is 0.478. The van der Waals surface area contributed by atoms with Gasteiger partial charge in [-0.05, 0) is 19.1 Å². The summed E-state index contributed by atoms with van der Waals surface area (Å²) in [5.41, 5.74) is 3.70. The summed E-state index contributed by atoms with van der Waals surface area (Å²) < 4.78 is 11.2. The van der Waals surface area contributed by atoms with E-state index in [1.54, 1.807) is 24.3 Å². The number of nitrogens with one attached hydrogen (secondary N) is 1. The molecule has 0 aliphatic rings. The molecule has 0 fully saturated rings. The van der Waals surface area contributed by atoms with Gasteiger partial charge in [0.2, 0.25) is 0 Å². The monoisotopic (exact) mass is 423 g/mol. The molecule has 2 aromatic carbocycles. The van der Waals surface area contributed by atoms with E-state index in [2.05, 4.69) is 10.3 Å². The predicted octanol–water partition coefficient (Wildman–Crippen LogP) is 3.21. The van der Waals surface area contributed by atoms with Gasteiger partial charge in [-0.15, -0.1) is 11.3 Å². The molecule has 0 saturated carbocycles. The topological polar surface area (TPSA) is 103 Å². The maximum atomic E-state index is 12.1. The van der Waals surface area contributed by atoms with Gasteiger partial charge in [-0.2, -0.15) is 0 Å². The number of fused-ring (bicyclic) bond motifs is 1. The van der Waals surface area contributed by atoms with E-state index in [1.165, 1.54) is 11.3 Å². The van der Waals surface area contributed by atoms with Gasteiger partial charge in [0.25, 0.3) is 5.91 Å². The van der Waals surface area contributed by atoms with Crippen LogP contribution in [-0.2, 0) is 20.9 Å². The fourth-order valence-electron chi connectivity index (χ4n) is 2.83. The van der Waals surface area contributed by atoms with E-state index in [1.807, 2.05) is 36.6 Å². The Kier molecular flexibility index (Phi) is 5.44. The first-order valence-electron chi connectivity index (χ1n) is 9.06. The van der Waals surface area contributed by atoms with Crippen molar-refractivity contribution in [1.29, 1.82) is 0 Å². The molecule has 0 aliphatic heterocycles. The van der Waals surface area contributed by atoms with Crippen molar-refractivity contribution < 1.29 is 18.7 Å². The number of hydrogen-bond acceptors (Lipinski definition) is 7. The summed E-state index contributed by atoms with van der Waals surface area (Å²) in [6.07, 6.45) is 0. The third-order valence-corrected chi connectivity index (χ3v) is 5.08. The van der Waals surface area contributed by atoms with Crippen molar-refractivity contribution in [2.45, 2.75) is 13.5 Å². The third kappa shape index (κ3) is 4.31. The minimum absolute atomic E-state index is 0.349. The number of thiazole rings is 1. The van der Waals surface area contributed by atoms with E-state index in [9.17, 15) is 14.4 Å². The Balaban J connectivity index is 1.32. The number of amides is 1. The summed E-state index contributed by atoms with van der Waals surface area (Å²) in [5.74, 6) is -1.90. The molecule has 0 spiro atoms. The number of esters is 1. The van der Waals surface area contributed by atoms with Crippen LogP contribution in [0.15, 0.2) is 63.1 Å². The van der Waals surface area contributed by atoms with Gasteiger partial charge < -0.3 is 9.15 Å². The van der Waals surface area contributed by atoms with Crippen LogP contribution >= 0.6 is 11.3 Å². The summed E-state index contributed by atoms with van der Waals surface area (Å²) in [7, 11) is 0. The molecule has 4 rings (SSSR count). The number of benzene rings is 2. The summed E-state index contributed by atoms with van der Waals surface area (Å²) in [6.45, 7) is 1.17. The molecular formula is C21H17N3O5S. The minimum Gasteiger partial charge on any atom is -0.454 e. The van der Waals surface area contributed by atoms with Crippen molar-refractivity contribution in [2.24, 2.45) is 0 Å². The zero-order valence-electron chi connectivity index (χ0n) is 16.0. The SMILES string of the molecule is Cc1ccc(-c2csc(NC(=O)COC(=O)Cn3c(=O)oc4ccccc43)n2)cc1. The fraction of sp³-hybridized carbons (Fsp3) is 0.143. The van der Waals surface area contributed by atoms with Gasteiger partial charge in [0, 0.05) is 10.9 Å². The highest BCUT2D eigenvalue weighted by atomic mass is 32.1. The Morgan fingerprint density at radius 3 is 2.73 bits per heavy atom. The van der Waals surface area contributed by atoms with Gasteiger partial charge in [0.05, 0.1) is 11.2 Å². The van der Waals surface area contributed by atoms with Gasteiger partial charge in [-0.1, -0.05) is 42.0 Å². The highest BCUT2D eigenvalue weighted by molar-refractivity contribution is 7.14. The second-order valence-electron chi connectivity index (χ2n) is 6.53. The van der Waals surface area contributed by atoms with Gasteiger partial charge in [-0.3, -0.25) is 19.5 Å². The van der Waals surface area contributed by atoms with E-state index in [0.717, 1.165) is 21.4 Å². The van der Waals surface area contributed by atoms with Crippen LogP contribution < -0.4 is 11.1 Å². The summed E-state index contributed by atoms with van der Waals surface area (Å²) in [5, 5.41) is 4.85. The van der Waals surface area contributed by atoms with Crippen molar-refractivity contribution >= 4 is 39.4 Å². The second-order valence-corrected chi connectivity index (χ2v) is 7.39. The first kappa shape index (κ1) is 19.6. The Labute approximate surface area is 174 Å². The van der Waals surface area contributed by atoms with Crippen molar-refractivity contribution in [2.75, 3.05) is 11.9 Å². The lowest BCUT2D eigenvalue weighted by Crippen LogP contribution is -2.25. The molecule has 0 unspecified atom stereocenters. The molecule has 8 nitrogen and oxygen atoms in total. The Morgan fingerprint density at radius 1 is 1.17 bits per heavy atom. The number of anilines is 1. The van der Waals surface area contributed by atoms with E-state index < -0.39 is 24.2 Å². The average Bonchev–Trinajstić information content (AvgIpc) is 3.32. The smallest absolute Gasteiger partial charge is 0.420 e. The third-order valence-electron chi connectivity index (χ3n) is 4.32. The van der Waals surface area contributed by atoms with Crippen molar-refractivity contribution in [1.82, 2.24) is 9.55 Å². The van der Waals surface area contributed by atoms with Crippen LogP contribution in [-0.4, -0.2) is 28.0 Å². The minimum atomic E-state index is -0.724. The van der Waals surface area contributed by atoms with Crippen LogP contribution in [0.5, 0.6) is 0 Å². The molecular weight excluding hydrogens is 406 g/mol. The predicted molar refractivity (Wildman–Crippen MR) is 112 cm³/mol. The molecule has 9 heteroatoms. The average molecular weight is 423 g/mol. The Hall–Kier alpha value is -3.72. The molecule has 0 aliphatic carbocycles. The van der Waals surface area contributed by atoms with E-state index in [4.69, 9.17) is 9.15 Å². The number of carbonyl (C=O) groups is 2. The molecule has 0 atom stereocenters. The van der Waals surface area contributed by atoms with Gasteiger partial charge in [-0.25, -0.2) is 9.78 Å². The molecule has 30 heavy (non-hydrogen) atoms. The highest BCUT2D eigenvalue weighted by Crippen LogP contribution is 2.25. The Morgan fingerprint density at radius 2 is 1.93 bits per heavy atom. The molecule has 2 heterocycles. The maximum Gasteiger partial charge on any atom is 0.420 e. The van der Waals surface area contributed by atoms with Crippen LogP contribution in [0, 0.1) is 6.92 Å².